The van der Waals surface area contributed by atoms with Crippen molar-refractivity contribution < 1.29 is 13.2 Å². The van der Waals surface area contributed by atoms with E-state index in [0.717, 1.165) is 31.6 Å². The average Bonchev–Trinajstić information content (AvgIpc) is 2.96. The minimum atomic E-state index is -2.90. The highest BCUT2D eigenvalue weighted by molar-refractivity contribution is 7.91. The number of amides is 1. The van der Waals surface area contributed by atoms with Crippen molar-refractivity contribution in [2.75, 3.05) is 24.6 Å². The molecule has 6 heteroatoms. The van der Waals surface area contributed by atoms with Crippen LogP contribution in [0.15, 0.2) is 24.4 Å². The number of hydrogen-bond donors (Lipinski definition) is 0. The molecule has 2 aliphatic rings. The number of carbonyl (C=O) groups excluding carboxylic acids is 1. The highest BCUT2D eigenvalue weighted by Gasteiger charge is 2.34. The molecule has 1 unspecified atom stereocenters. The zero-order valence-corrected chi connectivity index (χ0v) is 13.5. The summed E-state index contributed by atoms with van der Waals surface area (Å²) in [6.45, 7) is 1.57. The summed E-state index contributed by atoms with van der Waals surface area (Å²) in [5.74, 6) is 0.838. The monoisotopic (exact) mass is 322 g/mol. The fourth-order valence-electron chi connectivity index (χ4n) is 3.41. The van der Waals surface area contributed by atoms with Crippen molar-refractivity contribution in [3.8, 4) is 0 Å². The third-order valence-electron chi connectivity index (χ3n) is 4.73. The molecule has 1 atom stereocenters. The fourth-order valence-corrected chi connectivity index (χ4v) is 4.90. The summed E-state index contributed by atoms with van der Waals surface area (Å²) >= 11 is 0. The largest absolute Gasteiger partial charge is 0.342 e. The first kappa shape index (κ1) is 15.5. The summed E-state index contributed by atoms with van der Waals surface area (Å²) in [6.07, 6.45) is 4.69. The van der Waals surface area contributed by atoms with Crippen molar-refractivity contribution in [1.82, 2.24) is 9.88 Å². The lowest BCUT2D eigenvalue weighted by Crippen LogP contribution is -2.38. The van der Waals surface area contributed by atoms with E-state index < -0.39 is 9.84 Å². The number of carbonyl (C=O) groups is 1. The number of pyridine rings is 1. The Morgan fingerprint density at radius 2 is 2.00 bits per heavy atom. The third kappa shape index (κ3) is 3.66. The number of nitrogens with zero attached hydrogens (tertiary/aromatic N) is 2. The van der Waals surface area contributed by atoms with Crippen molar-refractivity contribution in [1.29, 1.82) is 0 Å². The molecule has 22 heavy (non-hydrogen) atoms. The van der Waals surface area contributed by atoms with Crippen LogP contribution in [0.5, 0.6) is 0 Å². The molecule has 1 aromatic heterocycles. The summed E-state index contributed by atoms with van der Waals surface area (Å²) in [4.78, 5) is 18.8. The molecule has 2 aliphatic heterocycles. The van der Waals surface area contributed by atoms with Crippen molar-refractivity contribution in [3.05, 3.63) is 30.1 Å². The molecule has 2 saturated heterocycles. The highest BCUT2D eigenvalue weighted by atomic mass is 32.2. The Kier molecular flexibility index (Phi) is 4.47. The molecule has 0 aromatic carbocycles. The van der Waals surface area contributed by atoms with Crippen LogP contribution in [0.25, 0.3) is 0 Å². The summed E-state index contributed by atoms with van der Waals surface area (Å²) in [5.41, 5.74) is 1.07. The second-order valence-corrected chi connectivity index (χ2v) is 8.69. The van der Waals surface area contributed by atoms with Crippen molar-refractivity contribution in [2.45, 2.75) is 25.7 Å². The predicted octanol–water partition coefficient (Wildman–Crippen LogP) is 1.30. The molecule has 0 radical (unpaired) electrons. The van der Waals surface area contributed by atoms with Crippen LogP contribution >= 0.6 is 0 Å². The highest BCUT2D eigenvalue weighted by Crippen LogP contribution is 2.26. The van der Waals surface area contributed by atoms with Gasteiger partial charge in [0.25, 0.3) is 0 Å². The first-order valence-electron chi connectivity index (χ1n) is 7.92. The number of hydrogen-bond acceptors (Lipinski definition) is 4. The second kappa shape index (κ2) is 6.36. The number of likely N-dealkylation sites (tertiary alicyclic amines) is 1. The predicted molar refractivity (Wildman–Crippen MR) is 84.0 cm³/mol. The average molecular weight is 322 g/mol. The minimum Gasteiger partial charge on any atom is -0.342 e. The molecule has 0 aliphatic carbocycles. The van der Waals surface area contributed by atoms with E-state index in [-0.39, 0.29) is 23.3 Å². The third-order valence-corrected chi connectivity index (χ3v) is 6.44. The topological polar surface area (TPSA) is 67.3 Å². The summed E-state index contributed by atoms with van der Waals surface area (Å²) in [7, 11) is -2.90. The van der Waals surface area contributed by atoms with Gasteiger partial charge in [0, 0.05) is 30.9 Å². The Morgan fingerprint density at radius 3 is 2.68 bits per heavy atom. The Hall–Kier alpha value is -1.43. The maximum atomic E-state index is 12.5. The summed E-state index contributed by atoms with van der Waals surface area (Å²) < 4.78 is 22.9. The van der Waals surface area contributed by atoms with E-state index in [4.69, 9.17) is 0 Å². The van der Waals surface area contributed by atoms with Crippen molar-refractivity contribution in [2.24, 2.45) is 11.8 Å². The molecular weight excluding hydrogens is 300 g/mol. The lowest BCUT2D eigenvalue weighted by atomic mass is 10.0. The minimum absolute atomic E-state index is 0.0999. The lowest BCUT2D eigenvalue weighted by Gasteiger charge is -2.26. The van der Waals surface area contributed by atoms with Crippen LogP contribution in [0, 0.1) is 11.8 Å². The molecule has 3 rings (SSSR count). The molecule has 2 fully saturated rings. The van der Waals surface area contributed by atoms with Crippen molar-refractivity contribution in [3.63, 3.8) is 0 Å². The zero-order valence-electron chi connectivity index (χ0n) is 12.6. The maximum absolute atomic E-state index is 12.5. The normalized spacial score (nSPS) is 25.3. The summed E-state index contributed by atoms with van der Waals surface area (Å²) in [6, 6.07) is 5.92. The lowest BCUT2D eigenvalue weighted by molar-refractivity contribution is -0.134. The van der Waals surface area contributed by atoms with Gasteiger partial charge in [0.15, 0.2) is 0 Å². The van der Waals surface area contributed by atoms with Crippen LogP contribution in [0.3, 0.4) is 0 Å². The van der Waals surface area contributed by atoms with Gasteiger partial charge in [0.2, 0.25) is 5.91 Å². The molecule has 0 saturated carbocycles. The van der Waals surface area contributed by atoms with Gasteiger partial charge in [-0.2, -0.15) is 0 Å². The molecule has 5 nitrogen and oxygen atoms in total. The van der Waals surface area contributed by atoms with Gasteiger partial charge in [-0.3, -0.25) is 9.78 Å². The van der Waals surface area contributed by atoms with E-state index in [1.807, 2.05) is 23.1 Å². The van der Waals surface area contributed by atoms with Crippen LogP contribution in [0.2, 0.25) is 0 Å². The summed E-state index contributed by atoms with van der Waals surface area (Å²) in [5, 5.41) is 0. The van der Waals surface area contributed by atoms with Crippen LogP contribution in [-0.2, 0) is 21.1 Å². The molecule has 0 spiro atoms. The number of aromatic nitrogens is 1. The Balaban J connectivity index is 1.53. The molecule has 1 aromatic rings. The van der Waals surface area contributed by atoms with E-state index in [1.165, 1.54) is 0 Å². The smallest absolute Gasteiger partial charge is 0.225 e. The van der Waals surface area contributed by atoms with E-state index in [1.54, 1.807) is 6.20 Å². The van der Waals surface area contributed by atoms with E-state index in [9.17, 15) is 13.2 Å². The van der Waals surface area contributed by atoms with Gasteiger partial charge in [-0.15, -0.1) is 0 Å². The Bertz CT molecular complexity index is 616. The SMILES string of the molecule is O=C(C1CCS(=O)(=O)CC1)N1CCC(Cc2ccccn2)C1. The quantitative estimate of drug-likeness (QED) is 0.841. The standard InChI is InChI=1S/C16H22N2O3S/c19-16(14-5-9-22(20,21)10-6-14)18-8-4-13(12-18)11-15-3-1-2-7-17-15/h1-3,7,13-14H,4-6,8-12H2. The molecule has 0 N–H and O–H groups in total. The molecule has 120 valence electrons. The number of rotatable bonds is 3. The molecule has 3 heterocycles. The second-order valence-electron chi connectivity index (χ2n) is 6.39. The van der Waals surface area contributed by atoms with Gasteiger partial charge in [-0.1, -0.05) is 6.07 Å². The zero-order chi connectivity index (χ0) is 15.6. The number of sulfone groups is 1. The Labute approximate surface area is 131 Å². The van der Waals surface area contributed by atoms with Crippen LogP contribution in [-0.4, -0.2) is 48.8 Å². The first-order valence-corrected chi connectivity index (χ1v) is 9.75. The fraction of sp³-hybridized carbons (Fsp3) is 0.625. The maximum Gasteiger partial charge on any atom is 0.225 e. The molecule has 1 amide bonds. The van der Waals surface area contributed by atoms with Gasteiger partial charge in [0.1, 0.15) is 9.84 Å². The van der Waals surface area contributed by atoms with Gasteiger partial charge in [-0.05, 0) is 43.7 Å². The molecule has 0 bridgehead atoms. The van der Waals surface area contributed by atoms with E-state index in [0.29, 0.717) is 18.8 Å². The van der Waals surface area contributed by atoms with Crippen molar-refractivity contribution >= 4 is 15.7 Å². The Morgan fingerprint density at radius 1 is 1.23 bits per heavy atom. The molecular formula is C16H22N2O3S. The van der Waals surface area contributed by atoms with Gasteiger partial charge < -0.3 is 4.90 Å². The van der Waals surface area contributed by atoms with Crippen LogP contribution < -0.4 is 0 Å². The first-order chi connectivity index (χ1) is 10.5. The van der Waals surface area contributed by atoms with Gasteiger partial charge >= 0.3 is 0 Å². The van der Waals surface area contributed by atoms with Gasteiger partial charge in [-0.25, -0.2) is 8.42 Å². The van der Waals surface area contributed by atoms with Gasteiger partial charge in [0.05, 0.1) is 11.5 Å². The van der Waals surface area contributed by atoms with E-state index >= 15 is 0 Å². The van der Waals surface area contributed by atoms with Crippen LogP contribution in [0.1, 0.15) is 25.0 Å². The van der Waals surface area contributed by atoms with Crippen LogP contribution in [0.4, 0.5) is 0 Å². The van der Waals surface area contributed by atoms with E-state index in [2.05, 4.69) is 4.98 Å².